The molecule has 0 radical (unpaired) electrons. The summed E-state index contributed by atoms with van der Waals surface area (Å²) in [5.74, 6) is -1.65. The summed E-state index contributed by atoms with van der Waals surface area (Å²) >= 11 is 0. The van der Waals surface area contributed by atoms with E-state index in [1.54, 1.807) is 24.3 Å². The van der Waals surface area contributed by atoms with E-state index in [-0.39, 0.29) is 24.3 Å². The second-order valence-corrected chi connectivity index (χ2v) is 5.85. The van der Waals surface area contributed by atoms with Crippen LogP contribution in [0.3, 0.4) is 0 Å². The molecule has 1 aromatic carbocycles. The van der Waals surface area contributed by atoms with Crippen molar-refractivity contribution in [2.75, 3.05) is 20.2 Å². The van der Waals surface area contributed by atoms with Gasteiger partial charge in [0.2, 0.25) is 0 Å². The van der Waals surface area contributed by atoms with Crippen LogP contribution in [0.2, 0.25) is 0 Å². The molecule has 3 rings (SSSR count). The molecule has 2 heterocycles. The molecule has 24 heavy (non-hydrogen) atoms. The number of methoxy groups -OCH3 is 1. The predicted molar refractivity (Wildman–Crippen MR) is 83.0 cm³/mol. The summed E-state index contributed by atoms with van der Waals surface area (Å²) in [6, 6.07) is 7.02. The van der Waals surface area contributed by atoms with E-state index in [0.717, 1.165) is 0 Å². The van der Waals surface area contributed by atoms with Crippen molar-refractivity contribution in [1.29, 1.82) is 0 Å². The van der Waals surface area contributed by atoms with Crippen molar-refractivity contribution in [3.05, 3.63) is 36.0 Å². The van der Waals surface area contributed by atoms with Gasteiger partial charge in [-0.2, -0.15) is 13.2 Å². The highest BCUT2D eigenvalue weighted by Gasteiger charge is 2.43. The quantitative estimate of drug-likeness (QED) is 0.839. The number of carbonyl (C=O) groups is 1. The fourth-order valence-corrected chi connectivity index (χ4v) is 3.09. The lowest BCUT2D eigenvalue weighted by atomic mass is 9.96. The zero-order valence-electron chi connectivity index (χ0n) is 13.1. The largest absolute Gasteiger partial charge is 0.494 e. The first-order chi connectivity index (χ1) is 11.4. The lowest BCUT2D eigenvalue weighted by Gasteiger charge is -2.34. The number of amides is 1. The maximum Gasteiger partial charge on any atom is 0.393 e. The van der Waals surface area contributed by atoms with Gasteiger partial charge in [0.1, 0.15) is 0 Å². The molecule has 0 unspecified atom stereocenters. The van der Waals surface area contributed by atoms with Crippen LogP contribution in [-0.2, 0) is 0 Å². The van der Waals surface area contributed by atoms with E-state index < -0.39 is 18.0 Å². The van der Waals surface area contributed by atoms with Gasteiger partial charge < -0.3 is 9.64 Å². The van der Waals surface area contributed by atoms with E-state index in [4.69, 9.17) is 4.74 Å². The fourth-order valence-electron chi connectivity index (χ4n) is 3.09. The SMILES string of the molecule is COc1cnc2ccccc2c1C(=O)N1CCC[C@H](C(F)(F)F)C1. The number of fused-ring (bicyclic) bond motifs is 1. The Bertz CT molecular complexity index is 761. The van der Waals surface area contributed by atoms with Crippen LogP contribution in [0.1, 0.15) is 23.2 Å². The van der Waals surface area contributed by atoms with Crippen LogP contribution in [0.25, 0.3) is 10.9 Å². The number of rotatable bonds is 2. The fraction of sp³-hybridized carbons (Fsp3) is 0.412. The molecule has 2 aromatic rings. The highest BCUT2D eigenvalue weighted by Crippen LogP contribution is 2.35. The number of nitrogens with zero attached hydrogens (tertiary/aromatic N) is 2. The Morgan fingerprint density at radius 3 is 2.79 bits per heavy atom. The van der Waals surface area contributed by atoms with Gasteiger partial charge in [-0.3, -0.25) is 9.78 Å². The van der Waals surface area contributed by atoms with E-state index in [1.807, 2.05) is 0 Å². The molecule has 1 aromatic heterocycles. The van der Waals surface area contributed by atoms with Gasteiger partial charge in [0, 0.05) is 18.5 Å². The Morgan fingerprint density at radius 2 is 2.08 bits per heavy atom. The number of benzene rings is 1. The third-order valence-electron chi connectivity index (χ3n) is 4.35. The first-order valence-electron chi connectivity index (χ1n) is 7.69. The number of para-hydroxylation sites is 1. The number of halogens is 3. The van der Waals surface area contributed by atoms with Gasteiger partial charge in [0.05, 0.1) is 30.3 Å². The third-order valence-corrected chi connectivity index (χ3v) is 4.35. The minimum atomic E-state index is -4.29. The molecular weight excluding hydrogens is 321 g/mol. The topological polar surface area (TPSA) is 42.4 Å². The molecule has 0 bridgehead atoms. The summed E-state index contributed by atoms with van der Waals surface area (Å²) in [7, 11) is 1.41. The number of piperidine rings is 1. The molecule has 1 aliphatic rings. The van der Waals surface area contributed by atoms with Crippen molar-refractivity contribution < 1.29 is 22.7 Å². The average molecular weight is 338 g/mol. The number of ether oxygens (including phenoxy) is 1. The normalized spacial score (nSPS) is 18.7. The summed E-state index contributed by atoms with van der Waals surface area (Å²) < 4.78 is 44.2. The lowest BCUT2D eigenvalue weighted by Crippen LogP contribution is -2.44. The van der Waals surface area contributed by atoms with Gasteiger partial charge in [-0.05, 0) is 18.9 Å². The Kier molecular flexibility index (Phi) is 4.34. The maximum atomic E-state index is 13.0. The van der Waals surface area contributed by atoms with Crippen LogP contribution in [0, 0.1) is 5.92 Å². The number of carbonyl (C=O) groups excluding carboxylic acids is 1. The number of hydrogen-bond donors (Lipinski definition) is 0. The first kappa shape index (κ1) is 16.5. The molecule has 1 amide bonds. The number of aromatic nitrogens is 1. The van der Waals surface area contributed by atoms with Gasteiger partial charge in [0.15, 0.2) is 5.75 Å². The van der Waals surface area contributed by atoms with Crippen LogP contribution in [0.5, 0.6) is 5.75 Å². The van der Waals surface area contributed by atoms with Crippen molar-refractivity contribution >= 4 is 16.8 Å². The monoisotopic (exact) mass is 338 g/mol. The Hall–Kier alpha value is -2.31. The second-order valence-electron chi connectivity index (χ2n) is 5.85. The zero-order chi connectivity index (χ0) is 17.3. The van der Waals surface area contributed by atoms with Crippen LogP contribution < -0.4 is 4.74 Å². The van der Waals surface area contributed by atoms with Crippen molar-refractivity contribution in [1.82, 2.24) is 9.88 Å². The van der Waals surface area contributed by atoms with E-state index >= 15 is 0 Å². The number of alkyl halides is 3. The summed E-state index contributed by atoms with van der Waals surface area (Å²) in [6.45, 7) is -0.00659. The van der Waals surface area contributed by atoms with Crippen molar-refractivity contribution in [3.8, 4) is 5.75 Å². The van der Waals surface area contributed by atoms with Crippen molar-refractivity contribution in [3.63, 3.8) is 0 Å². The maximum absolute atomic E-state index is 13.0. The number of hydrogen-bond acceptors (Lipinski definition) is 3. The summed E-state index contributed by atoms with van der Waals surface area (Å²) in [5.41, 5.74) is 0.872. The molecule has 128 valence electrons. The Labute approximate surface area is 137 Å². The molecule has 1 fully saturated rings. The van der Waals surface area contributed by atoms with Crippen LogP contribution in [-0.4, -0.2) is 42.2 Å². The predicted octanol–water partition coefficient (Wildman–Crippen LogP) is 3.66. The van der Waals surface area contributed by atoms with Crippen molar-refractivity contribution in [2.45, 2.75) is 19.0 Å². The van der Waals surface area contributed by atoms with Crippen LogP contribution in [0.15, 0.2) is 30.5 Å². The molecule has 0 spiro atoms. The molecule has 1 aliphatic heterocycles. The van der Waals surface area contributed by atoms with Gasteiger partial charge in [-0.25, -0.2) is 0 Å². The van der Waals surface area contributed by atoms with E-state index in [0.29, 0.717) is 23.9 Å². The standard InChI is InChI=1S/C17H17F3N2O2/c1-24-14-9-21-13-7-3-2-6-12(13)15(14)16(23)22-8-4-5-11(10-22)17(18,19)20/h2-3,6-7,9,11H,4-5,8,10H2,1H3/t11-/m0/s1. The average Bonchev–Trinajstić information content (AvgIpc) is 2.59. The Balaban J connectivity index is 1.99. The van der Waals surface area contributed by atoms with Crippen LogP contribution >= 0.6 is 0 Å². The molecule has 0 saturated carbocycles. The van der Waals surface area contributed by atoms with E-state index in [1.165, 1.54) is 18.2 Å². The minimum Gasteiger partial charge on any atom is -0.494 e. The molecule has 0 N–H and O–H groups in total. The zero-order valence-corrected chi connectivity index (χ0v) is 13.1. The third kappa shape index (κ3) is 3.02. The van der Waals surface area contributed by atoms with Gasteiger partial charge in [-0.1, -0.05) is 18.2 Å². The molecule has 0 aliphatic carbocycles. The van der Waals surface area contributed by atoms with Crippen LogP contribution in [0.4, 0.5) is 13.2 Å². The molecule has 4 nitrogen and oxygen atoms in total. The molecule has 1 atom stereocenters. The summed E-state index contributed by atoms with van der Waals surface area (Å²) in [5, 5.41) is 0.580. The lowest BCUT2D eigenvalue weighted by molar-refractivity contribution is -0.184. The van der Waals surface area contributed by atoms with Gasteiger partial charge in [0.25, 0.3) is 5.91 Å². The summed E-state index contributed by atoms with van der Waals surface area (Å²) in [4.78, 5) is 18.4. The molecule has 7 heteroatoms. The summed E-state index contributed by atoms with van der Waals surface area (Å²) in [6.07, 6.45) is -2.47. The second kappa shape index (κ2) is 6.30. The van der Waals surface area contributed by atoms with E-state index in [2.05, 4.69) is 4.98 Å². The van der Waals surface area contributed by atoms with Gasteiger partial charge >= 0.3 is 6.18 Å². The first-order valence-corrected chi connectivity index (χ1v) is 7.69. The number of likely N-dealkylation sites (tertiary alicyclic amines) is 1. The smallest absolute Gasteiger partial charge is 0.393 e. The molecule has 1 saturated heterocycles. The highest BCUT2D eigenvalue weighted by molar-refractivity contribution is 6.08. The number of pyridine rings is 1. The molecular formula is C17H17F3N2O2. The van der Waals surface area contributed by atoms with Gasteiger partial charge in [-0.15, -0.1) is 0 Å². The highest BCUT2D eigenvalue weighted by atomic mass is 19.4. The minimum absolute atomic E-state index is 0.0571. The van der Waals surface area contributed by atoms with E-state index in [9.17, 15) is 18.0 Å². The van der Waals surface area contributed by atoms with Crippen molar-refractivity contribution in [2.24, 2.45) is 5.92 Å². The Morgan fingerprint density at radius 1 is 1.33 bits per heavy atom.